The Labute approximate surface area is 178 Å². The van der Waals surface area contributed by atoms with Crippen molar-refractivity contribution in [3.63, 3.8) is 0 Å². The molecule has 148 valence electrons. The van der Waals surface area contributed by atoms with Crippen molar-refractivity contribution in [2.24, 2.45) is 0 Å². The van der Waals surface area contributed by atoms with Gasteiger partial charge in [-0.2, -0.15) is 5.26 Å². The number of nitrogens with one attached hydrogen (secondary N) is 2. The van der Waals surface area contributed by atoms with Gasteiger partial charge in [0, 0.05) is 29.2 Å². The van der Waals surface area contributed by atoms with E-state index in [1.54, 1.807) is 12.3 Å². The number of halogens is 2. The number of nitrogens with zero attached hydrogens (tertiary/aromatic N) is 3. The highest BCUT2D eigenvalue weighted by Gasteiger charge is 2.13. The van der Waals surface area contributed by atoms with Crippen LogP contribution in [0.25, 0.3) is 10.9 Å². The van der Waals surface area contributed by atoms with Crippen LogP contribution in [0, 0.1) is 17.1 Å². The first-order valence-electron chi connectivity index (χ1n) is 9.27. The third kappa shape index (κ3) is 4.02. The van der Waals surface area contributed by atoms with Gasteiger partial charge in [-0.3, -0.25) is 9.97 Å². The molecule has 2 aromatic carbocycles. The lowest BCUT2D eigenvalue weighted by atomic mass is 10.1. The van der Waals surface area contributed by atoms with Crippen molar-refractivity contribution in [2.45, 2.75) is 13.0 Å². The highest BCUT2D eigenvalue weighted by Crippen LogP contribution is 2.32. The van der Waals surface area contributed by atoms with Gasteiger partial charge in [0.1, 0.15) is 11.9 Å². The van der Waals surface area contributed by atoms with E-state index in [0.29, 0.717) is 16.9 Å². The predicted molar refractivity (Wildman–Crippen MR) is 117 cm³/mol. The highest BCUT2D eigenvalue weighted by molar-refractivity contribution is 6.31. The molecular formula is C23H17ClFN5. The minimum absolute atomic E-state index is 0.00316. The molecule has 0 aliphatic carbocycles. The lowest BCUT2D eigenvalue weighted by Crippen LogP contribution is -2.08. The van der Waals surface area contributed by atoms with E-state index in [-0.39, 0.29) is 11.1 Å². The number of hydrogen-bond acceptors (Lipinski definition) is 5. The van der Waals surface area contributed by atoms with Gasteiger partial charge in [0.25, 0.3) is 0 Å². The van der Waals surface area contributed by atoms with Crippen LogP contribution in [0.15, 0.2) is 67.0 Å². The molecule has 0 aliphatic rings. The molecule has 2 heterocycles. The number of benzene rings is 2. The number of rotatable bonds is 5. The number of aromatic nitrogens is 2. The van der Waals surface area contributed by atoms with Crippen LogP contribution in [0.5, 0.6) is 0 Å². The molecule has 0 saturated carbocycles. The summed E-state index contributed by atoms with van der Waals surface area (Å²) in [6.07, 6.45) is 3.27. The maximum atomic E-state index is 13.5. The quantitative estimate of drug-likeness (QED) is 0.403. The molecule has 0 spiro atoms. The van der Waals surface area contributed by atoms with E-state index in [0.717, 1.165) is 22.3 Å². The van der Waals surface area contributed by atoms with Crippen molar-refractivity contribution in [1.29, 1.82) is 5.26 Å². The van der Waals surface area contributed by atoms with Crippen molar-refractivity contribution < 1.29 is 4.39 Å². The maximum Gasteiger partial charge on any atom is 0.141 e. The van der Waals surface area contributed by atoms with Gasteiger partial charge >= 0.3 is 0 Å². The molecule has 30 heavy (non-hydrogen) atoms. The maximum absolute atomic E-state index is 13.5. The van der Waals surface area contributed by atoms with Crippen molar-refractivity contribution in [2.75, 3.05) is 10.6 Å². The van der Waals surface area contributed by atoms with Gasteiger partial charge in [0.2, 0.25) is 0 Å². The van der Waals surface area contributed by atoms with Crippen molar-refractivity contribution in [1.82, 2.24) is 9.97 Å². The van der Waals surface area contributed by atoms with Gasteiger partial charge in [0.15, 0.2) is 0 Å². The third-order valence-corrected chi connectivity index (χ3v) is 4.98. The van der Waals surface area contributed by atoms with E-state index in [1.807, 2.05) is 43.3 Å². The van der Waals surface area contributed by atoms with Gasteiger partial charge in [-0.15, -0.1) is 0 Å². The molecular weight excluding hydrogens is 401 g/mol. The molecule has 0 radical (unpaired) electrons. The molecule has 0 bridgehead atoms. The lowest BCUT2D eigenvalue weighted by molar-refractivity contribution is 0.628. The second-order valence-electron chi connectivity index (χ2n) is 6.77. The normalized spacial score (nSPS) is 11.7. The van der Waals surface area contributed by atoms with E-state index in [4.69, 9.17) is 11.6 Å². The zero-order chi connectivity index (χ0) is 21.1. The zero-order valence-electron chi connectivity index (χ0n) is 16.0. The van der Waals surface area contributed by atoms with E-state index in [9.17, 15) is 9.65 Å². The van der Waals surface area contributed by atoms with E-state index < -0.39 is 5.82 Å². The third-order valence-electron chi connectivity index (χ3n) is 4.69. The topological polar surface area (TPSA) is 73.6 Å². The molecule has 4 aromatic rings. The second-order valence-corrected chi connectivity index (χ2v) is 7.17. The molecule has 0 aliphatic heterocycles. The monoisotopic (exact) mass is 417 g/mol. The molecule has 2 aromatic heterocycles. The van der Waals surface area contributed by atoms with Crippen LogP contribution < -0.4 is 10.6 Å². The Morgan fingerprint density at radius 2 is 1.90 bits per heavy atom. The summed E-state index contributed by atoms with van der Waals surface area (Å²) < 4.78 is 13.5. The molecule has 0 saturated heterocycles. The van der Waals surface area contributed by atoms with Gasteiger partial charge in [-0.05, 0) is 55.5 Å². The first-order valence-corrected chi connectivity index (χ1v) is 9.65. The fourth-order valence-corrected chi connectivity index (χ4v) is 3.36. The second kappa shape index (κ2) is 8.36. The molecule has 2 N–H and O–H groups in total. The minimum atomic E-state index is -0.502. The fourth-order valence-electron chi connectivity index (χ4n) is 3.18. The summed E-state index contributed by atoms with van der Waals surface area (Å²) >= 11 is 5.90. The summed E-state index contributed by atoms with van der Waals surface area (Å²) in [4.78, 5) is 8.76. The SMILES string of the molecule is C[C@@H](Nc1ccc2ncc(C#N)c(Nc3ccc(F)c(Cl)c3)c2c1)c1ccccn1. The predicted octanol–water partition coefficient (Wildman–Crippen LogP) is 6.21. The highest BCUT2D eigenvalue weighted by atomic mass is 35.5. The molecule has 0 amide bonds. The molecule has 5 nitrogen and oxygen atoms in total. The summed E-state index contributed by atoms with van der Waals surface area (Å²) in [6, 6.07) is 18.0. The van der Waals surface area contributed by atoms with Crippen LogP contribution in [0.3, 0.4) is 0 Å². The van der Waals surface area contributed by atoms with Crippen LogP contribution in [0.4, 0.5) is 21.5 Å². The number of pyridine rings is 2. The van der Waals surface area contributed by atoms with Crippen molar-refractivity contribution in [3.8, 4) is 6.07 Å². The Morgan fingerprint density at radius 3 is 2.63 bits per heavy atom. The van der Waals surface area contributed by atoms with Crippen LogP contribution in [0.1, 0.15) is 24.2 Å². The lowest BCUT2D eigenvalue weighted by Gasteiger charge is -2.17. The van der Waals surface area contributed by atoms with Crippen LogP contribution in [-0.4, -0.2) is 9.97 Å². The Morgan fingerprint density at radius 1 is 1.07 bits per heavy atom. The average Bonchev–Trinajstić information content (AvgIpc) is 2.77. The van der Waals surface area contributed by atoms with Gasteiger partial charge in [-0.1, -0.05) is 17.7 Å². The number of anilines is 3. The summed E-state index contributed by atoms with van der Waals surface area (Å²) in [6.45, 7) is 2.02. The summed E-state index contributed by atoms with van der Waals surface area (Å²) in [5.41, 5.74) is 4.03. The summed E-state index contributed by atoms with van der Waals surface area (Å²) in [5.74, 6) is -0.502. The van der Waals surface area contributed by atoms with Gasteiger partial charge in [-0.25, -0.2) is 4.39 Å². The number of hydrogen-bond donors (Lipinski definition) is 2. The van der Waals surface area contributed by atoms with Crippen LogP contribution in [0.2, 0.25) is 5.02 Å². The molecule has 4 rings (SSSR count). The van der Waals surface area contributed by atoms with E-state index in [2.05, 4.69) is 26.7 Å². The fraction of sp³-hybridized carbons (Fsp3) is 0.0870. The molecule has 0 unspecified atom stereocenters. The van der Waals surface area contributed by atoms with Crippen molar-refractivity contribution >= 4 is 39.6 Å². The minimum Gasteiger partial charge on any atom is -0.377 e. The average molecular weight is 418 g/mol. The molecule has 7 heteroatoms. The first kappa shape index (κ1) is 19.6. The van der Waals surface area contributed by atoms with E-state index >= 15 is 0 Å². The smallest absolute Gasteiger partial charge is 0.141 e. The first-order chi connectivity index (χ1) is 14.5. The molecule has 1 atom stereocenters. The summed E-state index contributed by atoms with van der Waals surface area (Å²) in [5, 5.41) is 17.0. The van der Waals surface area contributed by atoms with Gasteiger partial charge < -0.3 is 10.6 Å². The Bertz CT molecular complexity index is 1250. The van der Waals surface area contributed by atoms with Crippen LogP contribution in [-0.2, 0) is 0 Å². The number of fused-ring (bicyclic) bond motifs is 1. The van der Waals surface area contributed by atoms with E-state index in [1.165, 1.54) is 18.3 Å². The number of nitriles is 1. The Balaban J connectivity index is 1.73. The van der Waals surface area contributed by atoms with Crippen molar-refractivity contribution in [3.05, 3.63) is 89.1 Å². The molecule has 0 fully saturated rings. The largest absolute Gasteiger partial charge is 0.377 e. The van der Waals surface area contributed by atoms with Crippen LogP contribution >= 0.6 is 11.6 Å². The standard InChI is InChI=1S/C23H17ClFN5/c1-14(21-4-2-3-9-27-21)29-16-6-8-22-18(10-16)23(15(12-26)13-28-22)30-17-5-7-20(25)19(24)11-17/h2-11,13-14,29H,1H3,(H,28,30)/t14-/m1/s1. The Hall–Kier alpha value is -3.69. The van der Waals surface area contributed by atoms with Gasteiger partial charge in [0.05, 0.1) is 33.5 Å². The zero-order valence-corrected chi connectivity index (χ0v) is 16.8. The summed E-state index contributed by atoms with van der Waals surface area (Å²) in [7, 11) is 0. The Kier molecular flexibility index (Phi) is 5.46.